The van der Waals surface area contributed by atoms with Crippen molar-refractivity contribution >= 4 is 17.5 Å². The largest absolute Gasteiger partial charge is 0.487 e. The molecule has 4 atom stereocenters. The second-order valence-electron chi connectivity index (χ2n) is 9.90. The molecule has 208 valence electrons. The topological polar surface area (TPSA) is 115 Å². The van der Waals surface area contributed by atoms with Gasteiger partial charge in [0.25, 0.3) is 5.91 Å². The van der Waals surface area contributed by atoms with Gasteiger partial charge in [-0.1, -0.05) is 0 Å². The zero-order valence-corrected chi connectivity index (χ0v) is 21.2. The Morgan fingerprint density at radius 2 is 1.80 bits per heavy atom. The number of hydrogen-bond acceptors (Lipinski definition) is 7. The Bertz CT molecular complexity index is 1470. The molecule has 3 aliphatic rings. The fourth-order valence-corrected chi connectivity index (χ4v) is 5.36. The Morgan fingerprint density at radius 1 is 0.975 bits per heavy atom. The smallest absolute Gasteiger partial charge is 0.255 e. The van der Waals surface area contributed by atoms with Crippen LogP contribution in [-0.4, -0.2) is 48.6 Å². The summed E-state index contributed by atoms with van der Waals surface area (Å²) in [6, 6.07) is 13.3. The van der Waals surface area contributed by atoms with Crippen LogP contribution in [0.2, 0.25) is 0 Å². The van der Waals surface area contributed by atoms with Gasteiger partial charge in [-0.05, 0) is 61.0 Å². The highest BCUT2D eigenvalue weighted by molar-refractivity contribution is 6.04. The van der Waals surface area contributed by atoms with E-state index in [1.54, 1.807) is 30.3 Å². The molecule has 0 spiro atoms. The molecule has 3 aromatic carbocycles. The van der Waals surface area contributed by atoms with Crippen LogP contribution in [-0.2, 0) is 16.1 Å². The maximum atomic E-state index is 13.9. The number of carbonyl (C=O) groups is 2. The molecule has 9 nitrogen and oxygen atoms in total. The number of aliphatic hydroxyl groups excluding tert-OH is 1. The van der Waals surface area contributed by atoms with Crippen molar-refractivity contribution in [1.29, 1.82) is 0 Å². The van der Waals surface area contributed by atoms with E-state index in [1.165, 1.54) is 0 Å². The minimum absolute atomic E-state index is 0.0352. The van der Waals surface area contributed by atoms with Crippen LogP contribution in [0.25, 0.3) is 0 Å². The lowest BCUT2D eigenvalue weighted by atomic mass is 9.84. The Labute approximate surface area is 228 Å². The van der Waals surface area contributed by atoms with Crippen LogP contribution >= 0.6 is 0 Å². The molecule has 0 aromatic heterocycles. The summed E-state index contributed by atoms with van der Waals surface area (Å²) >= 11 is 0. The van der Waals surface area contributed by atoms with E-state index in [0.29, 0.717) is 34.9 Å². The van der Waals surface area contributed by atoms with Crippen LogP contribution in [0.5, 0.6) is 17.2 Å². The first kappa shape index (κ1) is 26.0. The van der Waals surface area contributed by atoms with E-state index >= 15 is 0 Å². The van der Waals surface area contributed by atoms with Gasteiger partial charge in [0, 0.05) is 34.8 Å². The summed E-state index contributed by atoms with van der Waals surface area (Å²) in [7, 11) is 0. The van der Waals surface area contributed by atoms with Crippen molar-refractivity contribution in [3.05, 3.63) is 82.9 Å². The van der Waals surface area contributed by atoms with E-state index in [4.69, 9.17) is 18.9 Å². The fourth-order valence-electron chi connectivity index (χ4n) is 5.36. The first-order valence-corrected chi connectivity index (χ1v) is 12.9. The van der Waals surface area contributed by atoms with Crippen molar-refractivity contribution in [2.75, 3.05) is 18.7 Å². The molecule has 6 rings (SSSR count). The van der Waals surface area contributed by atoms with E-state index in [-0.39, 0.29) is 43.8 Å². The molecule has 3 heterocycles. The molecule has 0 bridgehead atoms. The summed E-state index contributed by atoms with van der Waals surface area (Å²) in [4.78, 5) is 25.5. The lowest BCUT2D eigenvalue weighted by Crippen LogP contribution is -2.47. The summed E-state index contributed by atoms with van der Waals surface area (Å²) in [5, 5.41) is 15.5. The number of fused-ring (bicyclic) bond motifs is 4. The van der Waals surface area contributed by atoms with Crippen molar-refractivity contribution in [3.63, 3.8) is 0 Å². The van der Waals surface area contributed by atoms with Gasteiger partial charge in [-0.25, -0.2) is 8.78 Å². The molecular formula is C29H26F2N2O7. The molecule has 3 N–H and O–H groups in total. The van der Waals surface area contributed by atoms with E-state index in [9.17, 15) is 23.5 Å². The summed E-state index contributed by atoms with van der Waals surface area (Å²) < 4.78 is 50.0. The van der Waals surface area contributed by atoms with Crippen molar-refractivity contribution in [2.24, 2.45) is 0 Å². The summed E-state index contributed by atoms with van der Waals surface area (Å²) in [5.41, 5.74) is 1.85. The van der Waals surface area contributed by atoms with Gasteiger partial charge in [0.1, 0.15) is 29.6 Å². The van der Waals surface area contributed by atoms with Gasteiger partial charge in [0.05, 0.1) is 19.1 Å². The molecule has 3 aliphatic heterocycles. The normalized spacial score (nSPS) is 22.2. The predicted octanol–water partition coefficient (Wildman–Crippen LogP) is 3.65. The fraction of sp³-hybridized carbons (Fsp3) is 0.310. The van der Waals surface area contributed by atoms with Crippen LogP contribution in [0.4, 0.5) is 14.5 Å². The zero-order chi connectivity index (χ0) is 27.8. The third-order valence-corrected chi connectivity index (χ3v) is 7.29. The van der Waals surface area contributed by atoms with Gasteiger partial charge in [-0.15, -0.1) is 0 Å². The van der Waals surface area contributed by atoms with E-state index in [2.05, 4.69) is 10.6 Å². The minimum Gasteiger partial charge on any atom is -0.487 e. The predicted molar refractivity (Wildman–Crippen MR) is 137 cm³/mol. The Hall–Kier alpha value is -4.22. The molecule has 2 amide bonds. The molecule has 40 heavy (non-hydrogen) atoms. The van der Waals surface area contributed by atoms with Crippen LogP contribution in [0, 0.1) is 11.6 Å². The van der Waals surface area contributed by atoms with Gasteiger partial charge < -0.3 is 34.7 Å². The number of amides is 2. The molecule has 0 unspecified atom stereocenters. The third-order valence-electron chi connectivity index (χ3n) is 7.29. The maximum absolute atomic E-state index is 13.9. The molecule has 0 saturated carbocycles. The van der Waals surface area contributed by atoms with Crippen LogP contribution in [0.3, 0.4) is 0 Å². The SMILES string of the molecule is O=C(C[C@H]1C[C@H]2c3cc(NC(=O)c4ccc5c(c4)OCO5)ccc3O[C@H]2[C@@H](CO)O1)NCc1cc(F)ccc1F. The number of benzene rings is 3. The molecule has 0 aliphatic carbocycles. The monoisotopic (exact) mass is 552 g/mol. The van der Waals surface area contributed by atoms with E-state index in [0.717, 1.165) is 23.8 Å². The van der Waals surface area contributed by atoms with Crippen LogP contribution in [0.1, 0.15) is 40.2 Å². The second-order valence-corrected chi connectivity index (χ2v) is 9.90. The van der Waals surface area contributed by atoms with Crippen LogP contribution < -0.4 is 24.8 Å². The maximum Gasteiger partial charge on any atom is 0.255 e. The lowest BCUT2D eigenvalue weighted by molar-refractivity contribution is -0.142. The van der Waals surface area contributed by atoms with Gasteiger partial charge >= 0.3 is 0 Å². The summed E-state index contributed by atoms with van der Waals surface area (Å²) in [6.07, 6.45) is -1.28. The Kier molecular flexibility index (Phi) is 6.99. The average Bonchev–Trinajstić information content (AvgIpc) is 3.57. The molecule has 1 saturated heterocycles. The number of ether oxygens (including phenoxy) is 4. The minimum atomic E-state index is -0.670. The number of carbonyl (C=O) groups excluding carboxylic acids is 2. The highest BCUT2D eigenvalue weighted by Crippen LogP contribution is 2.47. The summed E-state index contributed by atoms with van der Waals surface area (Å²) in [5.74, 6) is -0.410. The van der Waals surface area contributed by atoms with Crippen molar-refractivity contribution in [2.45, 2.75) is 43.6 Å². The Morgan fingerprint density at radius 3 is 2.65 bits per heavy atom. The molecule has 3 aromatic rings. The number of anilines is 1. The van der Waals surface area contributed by atoms with Crippen LogP contribution in [0.15, 0.2) is 54.6 Å². The zero-order valence-electron chi connectivity index (χ0n) is 21.2. The van der Waals surface area contributed by atoms with Crippen molar-refractivity contribution < 1.29 is 42.4 Å². The number of hydrogen-bond donors (Lipinski definition) is 3. The third kappa shape index (κ3) is 5.17. The highest BCUT2D eigenvalue weighted by Gasteiger charge is 2.46. The van der Waals surface area contributed by atoms with Crippen molar-refractivity contribution in [1.82, 2.24) is 5.32 Å². The number of aliphatic hydroxyl groups is 1. The highest BCUT2D eigenvalue weighted by atomic mass is 19.1. The first-order chi connectivity index (χ1) is 19.4. The first-order valence-electron chi connectivity index (χ1n) is 12.9. The second kappa shape index (κ2) is 10.7. The Balaban J connectivity index is 1.13. The quantitative estimate of drug-likeness (QED) is 0.410. The van der Waals surface area contributed by atoms with E-state index < -0.39 is 35.9 Å². The van der Waals surface area contributed by atoms with Gasteiger partial charge in [-0.2, -0.15) is 0 Å². The summed E-state index contributed by atoms with van der Waals surface area (Å²) in [6.45, 7) is -0.362. The average molecular weight is 553 g/mol. The molecule has 11 heteroatoms. The number of rotatable bonds is 7. The lowest BCUT2D eigenvalue weighted by Gasteiger charge is -2.37. The number of halogens is 2. The number of nitrogens with one attached hydrogen (secondary N) is 2. The molecular weight excluding hydrogens is 526 g/mol. The van der Waals surface area contributed by atoms with Gasteiger partial charge in [-0.3, -0.25) is 9.59 Å². The molecule has 1 fully saturated rings. The van der Waals surface area contributed by atoms with Crippen molar-refractivity contribution in [3.8, 4) is 17.2 Å². The van der Waals surface area contributed by atoms with Gasteiger partial charge in [0.15, 0.2) is 11.5 Å². The van der Waals surface area contributed by atoms with E-state index in [1.807, 2.05) is 6.07 Å². The van der Waals surface area contributed by atoms with Gasteiger partial charge in [0.2, 0.25) is 12.7 Å². The standard InChI is InChI=1S/C29H26F2N2O7/c30-17-2-4-22(31)16(7-17)12-32-27(35)11-19-10-21-20-9-18(3-6-23(20)40-28(21)26(13-34)39-19)33-29(36)15-1-5-24-25(8-15)38-14-37-24/h1-9,19,21,26,28,34H,10-14H2,(H,32,35)(H,33,36)/t19-,21+,26-,28-/m1/s1. The molecule has 0 radical (unpaired) electrons.